The molecule has 0 heterocycles. The van der Waals surface area contributed by atoms with E-state index in [1.54, 1.807) is 12.1 Å². The van der Waals surface area contributed by atoms with Gasteiger partial charge in [0.25, 0.3) is 0 Å². The second-order valence-corrected chi connectivity index (χ2v) is 8.44. The molecule has 0 amide bonds. The van der Waals surface area contributed by atoms with E-state index in [2.05, 4.69) is 0 Å². The lowest BCUT2D eigenvalue weighted by Crippen LogP contribution is -2.14. The van der Waals surface area contributed by atoms with Crippen molar-refractivity contribution in [3.05, 3.63) is 53.6 Å². The lowest BCUT2D eigenvalue weighted by molar-refractivity contribution is -0.122. The Morgan fingerprint density at radius 3 is 2.25 bits per heavy atom. The summed E-state index contributed by atoms with van der Waals surface area (Å²) in [5.41, 5.74) is 3.92. The number of carbonyl (C=O) groups excluding carboxylic acids is 1. The molecule has 0 unspecified atom stereocenters. The van der Waals surface area contributed by atoms with Crippen molar-refractivity contribution in [1.29, 1.82) is 0 Å². The molecule has 24 heavy (non-hydrogen) atoms. The van der Waals surface area contributed by atoms with Gasteiger partial charge in [0, 0.05) is 11.8 Å². The molecule has 0 aliphatic heterocycles. The summed E-state index contributed by atoms with van der Waals surface area (Å²) in [5, 5.41) is 5.12. The first-order chi connectivity index (χ1) is 11.2. The zero-order chi connectivity index (χ0) is 17.5. The molecule has 0 bridgehead atoms. The van der Waals surface area contributed by atoms with Gasteiger partial charge < -0.3 is 0 Å². The molecule has 4 nitrogen and oxygen atoms in total. The zero-order valence-corrected chi connectivity index (χ0v) is 14.7. The van der Waals surface area contributed by atoms with Crippen molar-refractivity contribution in [2.24, 2.45) is 10.6 Å². The van der Waals surface area contributed by atoms with Crippen molar-refractivity contribution in [3.63, 3.8) is 0 Å². The molecular weight excluding hydrogens is 322 g/mol. The molecule has 0 spiro atoms. The predicted molar refractivity (Wildman–Crippen MR) is 94.0 cm³/mol. The fourth-order valence-corrected chi connectivity index (χ4v) is 3.36. The summed E-state index contributed by atoms with van der Waals surface area (Å²) in [4.78, 5) is 12.3. The summed E-state index contributed by atoms with van der Waals surface area (Å²) < 4.78 is 22.7. The lowest BCUT2D eigenvalue weighted by Gasteiger charge is -2.11. The van der Waals surface area contributed by atoms with E-state index in [1.165, 1.54) is 12.1 Å². The molecule has 1 aliphatic rings. The lowest BCUT2D eigenvalue weighted by atomic mass is 9.93. The second-order valence-electron chi connectivity index (χ2n) is 6.88. The van der Waals surface area contributed by atoms with Crippen molar-refractivity contribution in [2.75, 3.05) is 0 Å². The van der Waals surface area contributed by atoms with Gasteiger partial charge in [-0.05, 0) is 54.2 Å². The van der Waals surface area contributed by atoms with Crippen LogP contribution in [-0.2, 0) is 21.2 Å². The predicted octanol–water partition coefficient (Wildman–Crippen LogP) is 3.22. The van der Waals surface area contributed by atoms with E-state index < -0.39 is 10.0 Å². The Morgan fingerprint density at radius 2 is 1.75 bits per heavy atom. The average molecular weight is 343 g/mol. The number of sulfonamides is 1. The molecule has 0 aromatic heterocycles. The van der Waals surface area contributed by atoms with Gasteiger partial charge in [-0.15, -0.1) is 0 Å². The number of Topliss-reactive ketones (excluding diaryl/α,β-unsaturated/α-hetero) is 1. The van der Waals surface area contributed by atoms with Crippen LogP contribution in [0.4, 0.5) is 0 Å². The topological polar surface area (TPSA) is 77.2 Å². The smallest absolute Gasteiger partial charge is 0.238 e. The van der Waals surface area contributed by atoms with Gasteiger partial charge in [-0.1, -0.05) is 37.3 Å². The third-order valence-electron chi connectivity index (χ3n) is 4.82. The van der Waals surface area contributed by atoms with Crippen molar-refractivity contribution < 1.29 is 13.2 Å². The molecule has 126 valence electrons. The standard InChI is InChI=1S/C19H21NO3S/c1-13-11-14(12-18(21)19(2)9-10-19)3-8-17(13)15-4-6-16(7-5-15)24(20,22)23/h3-8,11H,9-10,12H2,1-2H3,(H2,20,22,23). The maximum Gasteiger partial charge on any atom is 0.238 e. The van der Waals surface area contributed by atoms with Crippen LogP contribution in [0, 0.1) is 12.3 Å². The van der Waals surface area contributed by atoms with Gasteiger partial charge in [0.15, 0.2) is 0 Å². The fraction of sp³-hybridized carbons (Fsp3) is 0.316. The Kier molecular flexibility index (Phi) is 4.10. The van der Waals surface area contributed by atoms with E-state index in [-0.39, 0.29) is 10.3 Å². The van der Waals surface area contributed by atoms with E-state index >= 15 is 0 Å². The number of hydrogen-bond donors (Lipinski definition) is 1. The van der Waals surface area contributed by atoms with E-state index in [9.17, 15) is 13.2 Å². The van der Waals surface area contributed by atoms with E-state index in [1.807, 2.05) is 32.0 Å². The zero-order valence-electron chi connectivity index (χ0n) is 13.9. The first-order valence-electron chi connectivity index (χ1n) is 7.95. The third-order valence-corrected chi connectivity index (χ3v) is 5.75. The van der Waals surface area contributed by atoms with Gasteiger partial charge in [0.1, 0.15) is 5.78 Å². The van der Waals surface area contributed by atoms with Gasteiger partial charge in [0.2, 0.25) is 10.0 Å². The van der Waals surface area contributed by atoms with Gasteiger partial charge >= 0.3 is 0 Å². The minimum absolute atomic E-state index is 0.101. The van der Waals surface area contributed by atoms with Crippen LogP contribution in [0.3, 0.4) is 0 Å². The minimum Gasteiger partial charge on any atom is -0.299 e. The average Bonchev–Trinajstić information content (AvgIpc) is 3.26. The SMILES string of the molecule is Cc1cc(CC(=O)C2(C)CC2)ccc1-c1ccc(S(N)(=O)=O)cc1. The molecule has 2 aromatic rings. The summed E-state index contributed by atoms with van der Waals surface area (Å²) in [5.74, 6) is 0.312. The van der Waals surface area contributed by atoms with Crippen molar-refractivity contribution >= 4 is 15.8 Å². The van der Waals surface area contributed by atoms with Gasteiger partial charge in [-0.2, -0.15) is 0 Å². The number of nitrogens with two attached hydrogens (primary N) is 1. The monoisotopic (exact) mass is 343 g/mol. The number of carbonyl (C=O) groups is 1. The van der Waals surface area contributed by atoms with E-state index in [4.69, 9.17) is 5.14 Å². The number of benzene rings is 2. The van der Waals surface area contributed by atoms with Crippen LogP contribution in [0.15, 0.2) is 47.4 Å². The number of ketones is 1. The molecule has 5 heteroatoms. The number of rotatable bonds is 5. The Labute approximate surface area is 142 Å². The van der Waals surface area contributed by atoms with Crippen LogP contribution in [0.25, 0.3) is 11.1 Å². The molecule has 0 saturated heterocycles. The summed E-state index contributed by atoms with van der Waals surface area (Å²) in [6.45, 7) is 4.03. The summed E-state index contributed by atoms with van der Waals surface area (Å²) in [6, 6.07) is 12.5. The molecule has 2 aromatic carbocycles. The first kappa shape index (κ1) is 16.9. The minimum atomic E-state index is -3.68. The highest BCUT2D eigenvalue weighted by Crippen LogP contribution is 2.46. The Bertz CT molecular complexity index is 895. The molecule has 2 N–H and O–H groups in total. The normalized spacial score (nSPS) is 16.0. The van der Waals surface area contributed by atoms with Gasteiger partial charge in [-0.25, -0.2) is 13.6 Å². The van der Waals surface area contributed by atoms with Crippen LogP contribution in [-0.4, -0.2) is 14.2 Å². The van der Waals surface area contributed by atoms with Crippen LogP contribution in [0.1, 0.15) is 30.9 Å². The molecule has 0 atom stereocenters. The highest BCUT2D eigenvalue weighted by atomic mass is 32.2. The summed E-state index contributed by atoms with van der Waals surface area (Å²) in [6.07, 6.45) is 2.47. The van der Waals surface area contributed by atoms with Crippen LogP contribution in [0.5, 0.6) is 0 Å². The van der Waals surface area contributed by atoms with Crippen molar-refractivity contribution in [3.8, 4) is 11.1 Å². The molecule has 0 radical (unpaired) electrons. The number of hydrogen-bond acceptors (Lipinski definition) is 3. The Morgan fingerprint density at radius 1 is 1.12 bits per heavy atom. The molecule has 1 fully saturated rings. The molecule has 3 rings (SSSR count). The maximum absolute atomic E-state index is 12.2. The van der Waals surface area contributed by atoms with Gasteiger partial charge in [-0.3, -0.25) is 4.79 Å². The number of primary sulfonamides is 1. The molecule has 1 aliphatic carbocycles. The van der Waals surface area contributed by atoms with E-state index in [0.717, 1.165) is 35.1 Å². The first-order valence-corrected chi connectivity index (χ1v) is 9.50. The van der Waals surface area contributed by atoms with E-state index in [0.29, 0.717) is 12.2 Å². The Balaban J connectivity index is 1.83. The molecular formula is C19H21NO3S. The number of aryl methyl sites for hydroxylation is 1. The largest absolute Gasteiger partial charge is 0.299 e. The quantitative estimate of drug-likeness (QED) is 0.905. The maximum atomic E-state index is 12.2. The van der Waals surface area contributed by atoms with Crippen LogP contribution in [0.2, 0.25) is 0 Å². The van der Waals surface area contributed by atoms with Crippen LogP contribution < -0.4 is 5.14 Å². The van der Waals surface area contributed by atoms with Crippen molar-refractivity contribution in [2.45, 2.75) is 38.0 Å². The van der Waals surface area contributed by atoms with Gasteiger partial charge in [0.05, 0.1) is 4.90 Å². The molecule has 1 saturated carbocycles. The highest BCUT2D eigenvalue weighted by Gasteiger charge is 2.43. The summed E-state index contributed by atoms with van der Waals surface area (Å²) in [7, 11) is -3.68. The highest BCUT2D eigenvalue weighted by molar-refractivity contribution is 7.89. The second kappa shape index (κ2) is 5.83. The summed E-state index contributed by atoms with van der Waals surface area (Å²) >= 11 is 0. The van der Waals surface area contributed by atoms with Crippen molar-refractivity contribution in [1.82, 2.24) is 0 Å². The third kappa shape index (κ3) is 3.42. The fourth-order valence-electron chi connectivity index (χ4n) is 2.85. The Hall–Kier alpha value is -1.98. The van der Waals surface area contributed by atoms with Crippen LogP contribution >= 0.6 is 0 Å².